The average molecular weight is 395 g/mol. The van der Waals surface area contributed by atoms with Crippen molar-refractivity contribution in [3.63, 3.8) is 0 Å². The lowest BCUT2D eigenvalue weighted by molar-refractivity contribution is 0.0720. The molecule has 3 aromatic rings. The highest BCUT2D eigenvalue weighted by Gasteiger charge is 2.34. The van der Waals surface area contributed by atoms with Gasteiger partial charge in [-0.15, -0.1) is 0 Å². The number of aryl methyl sites for hydroxylation is 1. The second-order valence-corrected chi connectivity index (χ2v) is 7.27. The summed E-state index contributed by atoms with van der Waals surface area (Å²) < 4.78 is 21.6. The molecule has 2 aliphatic rings. The van der Waals surface area contributed by atoms with Gasteiger partial charge in [-0.2, -0.15) is 0 Å². The van der Waals surface area contributed by atoms with Crippen molar-refractivity contribution in [3.8, 4) is 22.8 Å². The normalized spacial score (nSPS) is 17.8. The summed E-state index contributed by atoms with van der Waals surface area (Å²) in [5.74, 6) is 2.55. The fourth-order valence-corrected chi connectivity index (χ4v) is 3.88. The Balaban J connectivity index is 1.36. The van der Waals surface area contributed by atoms with E-state index >= 15 is 0 Å². The highest BCUT2D eigenvalue weighted by Crippen LogP contribution is 2.37. The van der Waals surface area contributed by atoms with Crippen molar-refractivity contribution < 1.29 is 23.3 Å². The van der Waals surface area contributed by atoms with Crippen LogP contribution in [0.25, 0.3) is 11.3 Å². The van der Waals surface area contributed by atoms with Gasteiger partial charge in [-0.1, -0.05) is 17.2 Å². The van der Waals surface area contributed by atoms with Crippen molar-refractivity contribution in [3.05, 3.63) is 47.5 Å². The molecule has 1 aromatic carbocycles. The third-order valence-electron chi connectivity index (χ3n) is 5.32. The summed E-state index contributed by atoms with van der Waals surface area (Å²) in [6, 6.07) is 9.02. The van der Waals surface area contributed by atoms with Crippen LogP contribution in [-0.2, 0) is 6.42 Å². The first kappa shape index (κ1) is 17.8. The van der Waals surface area contributed by atoms with Crippen molar-refractivity contribution >= 4 is 5.91 Å². The first-order valence-corrected chi connectivity index (χ1v) is 9.86. The van der Waals surface area contributed by atoms with Crippen molar-refractivity contribution in [2.24, 2.45) is 0 Å². The van der Waals surface area contributed by atoms with E-state index in [4.69, 9.17) is 18.5 Å². The Bertz CT molecular complexity index is 1040. The Morgan fingerprint density at radius 1 is 1.14 bits per heavy atom. The number of benzene rings is 1. The zero-order valence-electron chi connectivity index (χ0n) is 16.1. The standard InChI is InChI=1S/C21H21N3O5/c1-2-4-14-10-15(22-28-14)17-5-3-8-24(17)21(25)16-11-19(29-23-16)13-6-7-18-20(9-13)27-12-26-18/h6-7,9-11,17H,2-5,8,12H2,1H3. The minimum Gasteiger partial charge on any atom is -0.454 e. The molecule has 2 aliphatic heterocycles. The van der Waals surface area contributed by atoms with Gasteiger partial charge < -0.3 is 23.4 Å². The molecule has 0 spiro atoms. The van der Waals surface area contributed by atoms with Crippen LogP contribution >= 0.6 is 0 Å². The SMILES string of the molecule is CCCc1cc(C2CCCN2C(=O)c2cc(-c3ccc4c(c3)OCO4)on2)no1. The van der Waals surface area contributed by atoms with E-state index in [-0.39, 0.29) is 24.4 Å². The van der Waals surface area contributed by atoms with E-state index in [1.54, 1.807) is 11.0 Å². The molecule has 150 valence electrons. The predicted octanol–water partition coefficient (Wildman–Crippen LogP) is 3.99. The highest BCUT2D eigenvalue weighted by atomic mass is 16.7. The molecular formula is C21H21N3O5. The van der Waals surface area contributed by atoms with Crippen LogP contribution in [0.1, 0.15) is 54.2 Å². The molecular weight excluding hydrogens is 374 g/mol. The lowest BCUT2D eigenvalue weighted by Crippen LogP contribution is -2.30. The fraction of sp³-hybridized carbons (Fsp3) is 0.381. The minimum absolute atomic E-state index is 0.0949. The molecule has 0 aliphatic carbocycles. The van der Waals surface area contributed by atoms with E-state index in [0.29, 0.717) is 23.8 Å². The van der Waals surface area contributed by atoms with Gasteiger partial charge in [0.25, 0.3) is 5.91 Å². The maximum absolute atomic E-state index is 13.1. The largest absolute Gasteiger partial charge is 0.454 e. The van der Waals surface area contributed by atoms with Gasteiger partial charge >= 0.3 is 0 Å². The number of hydrogen-bond donors (Lipinski definition) is 0. The number of amides is 1. The first-order valence-electron chi connectivity index (χ1n) is 9.86. The number of fused-ring (bicyclic) bond motifs is 1. The zero-order valence-corrected chi connectivity index (χ0v) is 16.1. The van der Waals surface area contributed by atoms with Crippen LogP contribution in [0.3, 0.4) is 0 Å². The van der Waals surface area contributed by atoms with Crippen LogP contribution in [0, 0.1) is 0 Å². The lowest BCUT2D eigenvalue weighted by atomic mass is 10.1. The van der Waals surface area contributed by atoms with Crippen molar-refractivity contribution in [1.29, 1.82) is 0 Å². The number of likely N-dealkylation sites (tertiary alicyclic amines) is 1. The second kappa shape index (κ2) is 7.27. The predicted molar refractivity (Wildman–Crippen MR) is 102 cm³/mol. The quantitative estimate of drug-likeness (QED) is 0.645. The number of carbonyl (C=O) groups excluding carboxylic acids is 1. The summed E-state index contributed by atoms with van der Waals surface area (Å²) in [5.41, 5.74) is 1.86. The molecule has 1 unspecified atom stereocenters. The van der Waals surface area contributed by atoms with E-state index in [1.165, 1.54) is 0 Å². The number of nitrogens with zero attached hydrogens (tertiary/aromatic N) is 3. The molecule has 0 saturated carbocycles. The molecule has 5 rings (SSSR count). The van der Waals surface area contributed by atoms with E-state index in [9.17, 15) is 4.79 Å². The first-order chi connectivity index (χ1) is 14.2. The van der Waals surface area contributed by atoms with Gasteiger partial charge in [0, 0.05) is 30.7 Å². The number of ether oxygens (including phenoxy) is 2. The van der Waals surface area contributed by atoms with E-state index in [2.05, 4.69) is 17.2 Å². The molecule has 0 N–H and O–H groups in total. The number of rotatable bonds is 5. The number of aromatic nitrogens is 2. The molecule has 2 aromatic heterocycles. The summed E-state index contributed by atoms with van der Waals surface area (Å²) >= 11 is 0. The average Bonchev–Trinajstić information content (AvgIpc) is 3.53. The third-order valence-corrected chi connectivity index (χ3v) is 5.32. The van der Waals surface area contributed by atoms with Crippen molar-refractivity contribution in [2.45, 2.75) is 38.6 Å². The minimum atomic E-state index is -0.164. The van der Waals surface area contributed by atoms with Gasteiger partial charge in [0.15, 0.2) is 23.0 Å². The molecule has 8 heteroatoms. The Labute approximate surface area is 167 Å². The second-order valence-electron chi connectivity index (χ2n) is 7.27. The topological polar surface area (TPSA) is 90.8 Å². The molecule has 1 atom stereocenters. The van der Waals surface area contributed by atoms with Gasteiger partial charge in [0.1, 0.15) is 11.5 Å². The molecule has 1 saturated heterocycles. The monoisotopic (exact) mass is 395 g/mol. The van der Waals surface area contributed by atoms with Crippen LogP contribution in [-0.4, -0.2) is 34.5 Å². The van der Waals surface area contributed by atoms with Crippen LogP contribution in [0.15, 0.2) is 39.4 Å². The Morgan fingerprint density at radius 3 is 2.93 bits per heavy atom. The van der Waals surface area contributed by atoms with E-state index in [1.807, 2.05) is 24.3 Å². The Morgan fingerprint density at radius 2 is 2.03 bits per heavy atom. The Kier molecular flexibility index (Phi) is 4.46. The third kappa shape index (κ3) is 3.24. The van der Waals surface area contributed by atoms with Crippen LogP contribution in [0.4, 0.5) is 0 Å². The molecule has 0 bridgehead atoms. The fourth-order valence-electron chi connectivity index (χ4n) is 3.88. The van der Waals surface area contributed by atoms with Crippen LogP contribution < -0.4 is 9.47 Å². The van der Waals surface area contributed by atoms with Crippen LogP contribution in [0.2, 0.25) is 0 Å². The van der Waals surface area contributed by atoms with E-state index < -0.39 is 0 Å². The lowest BCUT2D eigenvalue weighted by Gasteiger charge is -2.21. The van der Waals surface area contributed by atoms with Gasteiger partial charge in [0.2, 0.25) is 6.79 Å². The van der Waals surface area contributed by atoms with E-state index in [0.717, 1.165) is 42.7 Å². The summed E-state index contributed by atoms with van der Waals surface area (Å²) in [6.07, 6.45) is 3.61. The molecule has 29 heavy (non-hydrogen) atoms. The summed E-state index contributed by atoms with van der Waals surface area (Å²) in [5, 5.41) is 8.20. The molecule has 1 fully saturated rings. The van der Waals surface area contributed by atoms with Crippen molar-refractivity contribution in [2.75, 3.05) is 13.3 Å². The molecule has 0 radical (unpaired) electrons. The number of carbonyl (C=O) groups is 1. The van der Waals surface area contributed by atoms with Gasteiger partial charge in [0.05, 0.1) is 6.04 Å². The van der Waals surface area contributed by atoms with Gasteiger partial charge in [-0.3, -0.25) is 4.79 Å². The van der Waals surface area contributed by atoms with Crippen molar-refractivity contribution in [1.82, 2.24) is 15.2 Å². The van der Waals surface area contributed by atoms with Gasteiger partial charge in [-0.25, -0.2) is 0 Å². The summed E-state index contributed by atoms with van der Waals surface area (Å²) in [4.78, 5) is 14.9. The summed E-state index contributed by atoms with van der Waals surface area (Å²) in [7, 11) is 0. The smallest absolute Gasteiger partial charge is 0.276 e. The maximum atomic E-state index is 13.1. The highest BCUT2D eigenvalue weighted by molar-refractivity contribution is 5.93. The molecule has 8 nitrogen and oxygen atoms in total. The summed E-state index contributed by atoms with van der Waals surface area (Å²) in [6.45, 7) is 2.96. The van der Waals surface area contributed by atoms with Crippen LogP contribution in [0.5, 0.6) is 11.5 Å². The molecule has 1 amide bonds. The zero-order chi connectivity index (χ0) is 19.8. The molecule has 4 heterocycles. The number of hydrogen-bond acceptors (Lipinski definition) is 7. The Hall–Kier alpha value is -3.29. The van der Waals surface area contributed by atoms with Gasteiger partial charge in [-0.05, 0) is 37.5 Å². The maximum Gasteiger partial charge on any atom is 0.276 e.